The van der Waals surface area contributed by atoms with E-state index in [9.17, 15) is 9.59 Å². The third-order valence-electron chi connectivity index (χ3n) is 2.60. The maximum Gasteiger partial charge on any atom is 0.337 e. The average Bonchev–Trinajstić information content (AvgIpc) is 2.46. The normalized spacial score (nSPS) is 18.6. The van der Waals surface area contributed by atoms with Crippen LogP contribution in [0.3, 0.4) is 0 Å². The number of hydrogen-bond acceptors (Lipinski definition) is 4. The van der Waals surface area contributed by atoms with Crippen LogP contribution in [0.2, 0.25) is 0 Å². The van der Waals surface area contributed by atoms with Crippen LogP contribution in [-0.2, 0) is 9.53 Å². The second kappa shape index (κ2) is 4.42. The number of amides is 1. The van der Waals surface area contributed by atoms with E-state index in [1.807, 2.05) is 0 Å². The standard InChI is InChI=1S/C11H12N2O4/c1-17-8-5-12-7-4-2-3-6(11(15)16)9(7)13-10(8)14/h2-4,8,12H,5H2,1H3,(H,13,14)(H,15,16). The summed E-state index contributed by atoms with van der Waals surface area (Å²) in [4.78, 5) is 22.7. The van der Waals surface area contributed by atoms with Crippen molar-refractivity contribution in [1.82, 2.24) is 0 Å². The Morgan fingerprint density at radius 2 is 2.29 bits per heavy atom. The van der Waals surface area contributed by atoms with Crippen LogP contribution in [0.25, 0.3) is 0 Å². The zero-order valence-corrected chi connectivity index (χ0v) is 9.19. The van der Waals surface area contributed by atoms with E-state index < -0.39 is 12.1 Å². The highest BCUT2D eigenvalue weighted by molar-refractivity contribution is 6.06. The van der Waals surface area contributed by atoms with Gasteiger partial charge in [0, 0.05) is 7.11 Å². The minimum atomic E-state index is -1.08. The summed E-state index contributed by atoms with van der Waals surface area (Å²) in [7, 11) is 1.43. The molecule has 0 radical (unpaired) electrons. The SMILES string of the molecule is COC1CNc2cccc(C(=O)O)c2NC1=O. The lowest BCUT2D eigenvalue weighted by Gasteiger charge is -2.10. The Hall–Kier alpha value is -2.08. The fourth-order valence-corrected chi connectivity index (χ4v) is 1.70. The molecule has 0 fully saturated rings. The van der Waals surface area contributed by atoms with E-state index in [2.05, 4.69) is 10.6 Å². The van der Waals surface area contributed by atoms with Crippen molar-refractivity contribution < 1.29 is 19.4 Å². The van der Waals surface area contributed by atoms with Gasteiger partial charge in [0.2, 0.25) is 0 Å². The number of fused-ring (bicyclic) bond motifs is 1. The zero-order chi connectivity index (χ0) is 12.4. The number of nitrogens with one attached hydrogen (secondary N) is 2. The van der Waals surface area contributed by atoms with Gasteiger partial charge in [-0.05, 0) is 12.1 Å². The highest BCUT2D eigenvalue weighted by Crippen LogP contribution is 2.28. The molecule has 17 heavy (non-hydrogen) atoms. The van der Waals surface area contributed by atoms with Crippen LogP contribution in [0.1, 0.15) is 10.4 Å². The minimum absolute atomic E-state index is 0.0557. The molecule has 2 rings (SSSR count). The number of hydrogen-bond donors (Lipinski definition) is 3. The van der Waals surface area contributed by atoms with Crippen LogP contribution >= 0.6 is 0 Å². The predicted molar refractivity (Wildman–Crippen MR) is 61.3 cm³/mol. The lowest BCUT2D eigenvalue weighted by molar-refractivity contribution is -0.124. The van der Waals surface area contributed by atoms with Crippen molar-refractivity contribution in [3.63, 3.8) is 0 Å². The first kappa shape index (κ1) is 11.4. The van der Waals surface area contributed by atoms with Crippen LogP contribution < -0.4 is 10.6 Å². The molecular weight excluding hydrogens is 224 g/mol. The predicted octanol–water partition coefficient (Wildman–Crippen LogP) is 0.764. The summed E-state index contributed by atoms with van der Waals surface area (Å²) < 4.78 is 4.99. The van der Waals surface area contributed by atoms with Crippen LogP contribution in [0.5, 0.6) is 0 Å². The van der Waals surface area contributed by atoms with Gasteiger partial charge in [0.25, 0.3) is 5.91 Å². The molecule has 1 amide bonds. The summed E-state index contributed by atoms with van der Waals surface area (Å²) in [6.45, 7) is 0.304. The molecule has 1 aromatic rings. The van der Waals surface area contributed by atoms with Gasteiger partial charge in [0.15, 0.2) is 6.10 Å². The van der Waals surface area contributed by atoms with Crippen molar-refractivity contribution in [1.29, 1.82) is 0 Å². The topological polar surface area (TPSA) is 87.7 Å². The van der Waals surface area contributed by atoms with Gasteiger partial charge in [0.05, 0.1) is 23.5 Å². The molecule has 0 spiro atoms. The molecule has 1 atom stereocenters. The number of methoxy groups -OCH3 is 1. The van der Waals surface area contributed by atoms with Crippen molar-refractivity contribution >= 4 is 23.3 Å². The average molecular weight is 236 g/mol. The number of para-hydroxylation sites is 1. The van der Waals surface area contributed by atoms with Gasteiger partial charge in [0.1, 0.15) is 0 Å². The second-order valence-electron chi connectivity index (χ2n) is 3.63. The summed E-state index contributed by atoms with van der Waals surface area (Å²) in [5, 5.41) is 14.6. The van der Waals surface area contributed by atoms with E-state index in [-0.39, 0.29) is 17.2 Å². The third-order valence-corrected chi connectivity index (χ3v) is 2.60. The Balaban J connectivity index is 2.43. The fraction of sp³-hybridized carbons (Fsp3) is 0.273. The molecule has 1 heterocycles. The molecule has 0 saturated heterocycles. The Bertz CT molecular complexity index is 473. The third kappa shape index (κ3) is 2.07. The van der Waals surface area contributed by atoms with Crippen LogP contribution in [-0.4, -0.2) is 36.7 Å². The number of carbonyl (C=O) groups is 2. The summed E-state index contributed by atoms with van der Waals surface area (Å²) in [5.74, 6) is -1.44. The summed E-state index contributed by atoms with van der Waals surface area (Å²) in [5.41, 5.74) is 0.919. The van der Waals surface area contributed by atoms with Gasteiger partial charge in [-0.2, -0.15) is 0 Å². The van der Waals surface area contributed by atoms with E-state index in [1.54, 1.807) is 12.1 Å². The molecule has 6 nitrogen and oxygen atoms in total. The van der Waals surface area contributed by atoms with Gasteiger partial charge in [-0.3, -0.25) is 4.79 Å². The molecular formula is C11H12N2O4. The minimum Gasteiger partial charge on any atom is -0.478 e. The number of carboxylic acids is 1. The van der Waals surface area contributed by atoms with Crippen LogP contribution in [0, 0.1) is 0 Å². The molecule has 0 aromatic heterocycles. The maximum absolute atomic E-state index is 11.7. The lowest BCUT2D eigenvalue weighted by atomic mass is 10.1. The highest BCUT2D eigenvalue weighted by Gasteiger charge is 2.25. The van der Waals surface area contributed by atoms with Gasteiger partial charge >= 0.3 is 5.97 Å². The largest absolute Gasteiger partial charge is 0.478 e. The number of carbonyl (C=O) groups excluding carboxylic acids is 1. The molecule has 90 valence electrons. The smallest absolute Gasteiger partial charge is 0.337 e. The molecule has 3 N–H and O–H groups in total. The van der Waals surface area contributed by atoms with Gasteiger partial charge in [-0.25, -0.2) is 4.79 Å². The molecule has 0 bridgehead atoms. The van der Waals surface area contributed by atoms with Gasteiger partial charge in [-0.1, -0.05) is 6.07 Å². The number of carboxylic acid groups (broad SMARTS) is 1. The van der Waals surface area contributed by atoms with Gasteiger partial charge in [-0.15, -0.1) is 0 Å². The number of benzene rings is 1. The van der Waals surface area contributed by atoms with Crippen molar-refractivity contribution in [3.05, 3.63) is 23.8 Å². The van der Waals surface area contributed by atoms with E-state index in [0.29, 0.717) is 12.2 Å². The molecule has 1 aromatic carbocycles. The fourth-order valence-electron chi connectivity index (χ4n) is 1.70. The first-order valence-electron chi connectivity index (χ1n) is 5.07. The Kier molecular flexibility index (Phi) is 2.97. The van der Waals surface area contributed by atoms with Crippen LogP contribution in [0.15, 0.2) is 18.2 Å². The van der Waals surface area contributed by atoms with E-state index in [0.717, 1.165) is 0 Å². The summed E-state index contributed by atoms with van der Waals surface area (Å²) in [6, 6.07) is 4.77. The molecule has 1 aliphatic rings. The Labute approximate surface area is 97.6 Å². The van der Waals surface area contributed by atoms with Crippen molar-refractivity contribution in [2.45, 2.75) is 6.10 Å². The molecule has 0 aliphatic carbocycles. The number of aromatic carboxylic acids is 1. The van der Waals surface area contributed by atoms with Crippen molar-refractivity contribution in [2.24, 2.45) is 0 Å². The Morgan fingerprint density at radius 1 is 1.53 bits per heavy atom. The lowest BCUT2D eigenvalue weighted by Crippen LogP contribution is -2.33. The molecule has 1 unspecified atom stereocenters. The first-order chi connectivity index (χ1) is 8.13. The molecule has 6 heteroatoms. The monoisotopic (exact) mass is 236 g/mol. The summed E-state index contributed by atoms with van der Waals surface area (Å²) >= 11 is 0. The van der Waals surface area contributed by atoms with E-state index in [1.165, 1.54) is 13.2 Å². The molecule has 1 aliphatic heterocycles. The second-order valence-corrected chi connectivity index (χ2v) is 3.63. The van der Waals surface area contributed by atoms with Gasteiger partial charge < -0.3 is 20.5 Å². The van der Waals surface area contributed by atoms with E-state index in [4.69, 9.17) is 9.84 Å². The maximum atomic E-state index is 11.7. The zero-order valence-electron chi connectivity index (χ0n) is 9.19. The number of ether oxygens (including phenoxy) is 1. The van der Waals surface area contributed by atoms with Crippen LogP contribution in [0.4, 0.5) is 11.4 Å². The molecule has 0 saturated carbocycles. The first-order valence-corrected chi connectivity index (χ1v) is 5.07. The van der Waals surface area contributed by atoms with Crippen molar-refractivity contribution in [2.75, 3.05) is 24.3 Å². The quantitative estimate of drug-likeness (QED) is 0.705. The Morgan fingerprint density at radius 3 is 2.94 bits per heavy atom. The highest BCUT2D eigenvalue weighted by atomic mass is 16.5. The van der Waals surface area contributed by atoms with Crippen molar-refractivity contribution in [3.8, 4) is 0 Å². The summed E-state index contributed by atoms with van der Waals surface area (Å²) in [6.07, 6.45) is -0.635. The number of rotatable bonds is 2. The number of anilines is 2. The van der Waals surface area contributed by atoms with E-state index >= 15 is 0 Å².